The molecule has 0 spiro atoms. The third-order valence-electron chi connectivity index (χ3n) is 2.73. The van der Waals surface area contributed by atoms with Gasteiger partial charge in [0.2, 0.25) is 0 Å². The maximum Gasteiger partial charge on any atom is 0.310 e. The second-order valence-corrected chi connectivity index (χ2v) is 5.05. The van der Waals surface area contributed by atoms with E-state index in [1.54, 1.807) is 26.2 Å². The van der Waals surface area contributed by atoms with Crippen molar-refractivity contribution in [3.05, 3.63) is 22.6 Å². The van der Waals surface area contributed by atoms with Gasteiger partial charge in [-0.15, -0.1) is 0 Å². The average molecular weight is 348 g/mol. The van der Waals surface area contributed by atoms with E-state index in [1.165, 1.54) is 12.0 Å². The van der Waals surface area contributed by atoms with Gasteiger partial charge in [0.05, 0.1) is 19.6 Å². The molecule has 6 nitrogen and oxygen atoms in total. The van der Waals surface area contributed by atoms with Crippen molar-refractivity contribution >= 4 is 27.8 Å². The first kappa shape index (κ1) is 16.7. The van der Waals surface area contributed by atoms with Crippen molar-refractivity contribution in [2.24, 2.45) is 5.92 Å². The highest BCUT2D eigenvalue weighted by atomic mass is 79.9. The van der Waals surface area contributed by atoms with Crippen LogP contribution in [0.3, 0.4) is 0 Å². The molecular formula is C13H18BrNO5. The first-order valence-corrected chi connectivity index (χ1v) is 6.90. The number of rotatable bonds is 7. The summed E-state index contributed by atoms with van der Waals surface area (Å²) in [7, 11) is 2.87. The normalized spacial score (nSPS) is 12.0. The fourth-order valence-corrected chi connectivity index (χ4v) is 1.98. The molecule has 0 aliphatic heterocycles. The highest BCUT2D eigenvalue weighted by Gasteiger charge is 2.24. The molecule has 1 aromatic rings. The number of furan rings is 1. The van der Waals surface area contributed by atoms with E-state index in [0.29, 0.717) is 17.8 Å². The van der Waals surface area contributed by atoms with Crippen molar-refractivity contribution in [1.29, 1.82) is 0 Å². The van der Waals surface area contributed by atoms with Crippen LogP contribution in [-0.4, -0.2) is 50.7 Å². The summed E-state index contributed by atoms with van der Waals surface area (Å²) >= 11 is 3.15. The van der Waals surface area contributed by atoms with Crippen LogP contribution in [0.25, 0.3) is 0 Å². The van der Waals surface area contributed by atoms with Crippen molar-refractivity contribution in [1.82, 2.24) is 4.90 Å². The Morgan fingerprint density at radius 1 is 1.40 bits per heavy atom. The molecule has 20 heavy (non-hydrogen) atoms. The van der Waals surface area contributed by atoms with Crippen molar-refractivity contribution in [3.63, 3.8) is 0 Å². The second-order valence-electron chi connectivity index (χ2n) is 4.27. The van der Waals surface area contributed by atoms with Gasteiger partial charge in [-0.1, -0.05) is 6.92 Å². The number of hydrogen-bond acceptors (Lipinski definition) is 5. The van der Waals surface area contributed by atoms with Crippen LogP contribution in [0.15, 0.2) is 21.2 Å². The average Bonchev–Trinajstić information content (AvgIpc) is 2.87. The molecule has 1 heterocycles. The van der Waals surface area contributed by atoms with E-state index in [4.69, 9.17) is 9.15 Å². The number of carbonyl (C=O) groups is 2. The first-order valence-electron chi connectivity index (χ1n) is 6.11. The molecule has 1 atom stereocenters. The fraction of sp³-hybridized carbons (Fsp3) is 0.538. The molecule has 0 N–H and O–H groups in total. The van der Waals surface area contributed by atoms with Gasteiger partial charge >= 0.3 is 5.97 Å². The van der Waals surface area contributed by atoms with E-state index in [0.717, 1.165) is 0 Å². The van der Waals surface area contributed by atoms with Gasteiger partial charge in [0.1, 0.15) is 0 Å². The molecule has 1 amide bonds. The number of amides is 1. The number of nitrogens with zero attached hydrogens (tertiary/aromatic N) is 1. The number of esters is 1. The third-order valence-corrected chi connectivity index (χ3v) is 3.16. The largest absolute Gasteiger partial charge is 0.469 e. The van der Waals surface area contributed by atoms with Crippen LogP contribution in [0.2, 0.25) is 0 Å². The minimum atomic E-state index is -0.417. The number of carbonyl (C=O) groups excluding carboxylic acids is 2. The molecule has 0 bridgehead atoms. The van der Waals surface area contributed by atoms with Gasteiger partial charge in [-0.2, -0.15) is 0 Å². The van der Waals surface area contributed by atoms with E-state index in [-0.39, 0.29) is 24.2 Å². The van der Waals surface area contributed by atoms with Crippen LogP contribution < -0.4 is 0 Å². The minimum absolute atomic E-state index is 0.213. The number of ether oxygens (including phenoxy) is 2. The standard InChI is InChI=1S/C13H18BrNO5/c1-9(13(17)19-3)8-15(6-7-18-2)12(16)10-4-5-11(14)20-10/h4-5,9H,6-8H2,1-3H3. The lowest BCUT2D eigenvalue weighted by atomic mass is 10.1. The number of methoxy groups -OCH3 is 2. The zero-order chi connectivity index (χ0) is 15.1. The highest BCUT2D eigenvalue weighted by molar-refractivity contribution is 9.10. The molecule has 0 saturated carbocycles. The zero-order valence-electron chi connectivity index (χ0n) is 11.7. The lowest BCUT2D eigenvalue weighted by Gasteiger charge is -2.23. The summed E-state index contributed by atoms with van der Waals surface area (Å²) in [6.07, 6.45) is 0. The summed E-state index contributed by atoms with van der Waals surface area (Å²) in [5.41, 5.74) is 0. The van der Waals surface area contributed by atoms with Gasteiger partial charge < -0.3 is 18.8 Å². The van der Waals surface area contributed by atoms with Crippen LogP contribution in [0.4, 0.5) is 0 Å². The quantitative estimate of drug-likeness (QED) is 0.705. The van der Waals surface area contributed by atoms with E-state index in [1.807, 2.05) is 0 Å². The number of hydrogen-bond donors (Lipinski definition) is 0. The molecule has 112 valence electrons. The molecule has 0 radical (unpaired) electrons. The van der Waals surface area contributed by atoms with E-state index < -0.39 is 5.92 Å². The molecule has 0 saturated heterocycles. The molecular weight excluding hydrogens is 330 g/mol. The fourth-order valence-electron chi connectivity index (χ4n) is 1.67. The van der Waals surface area contributed by atoms with Gasteiger partial charge in [-0.05, 0) is 28.1 Å². The van der Waals surface area contributed by atoms with Crippen LogP contribution in [0, 0.1) is 5.92 Å². The Hall–Kier alpha value is -1.34. The zero-order valence-corrected chi connectivity index (χ0v) is 13.3. The predicted molar refractivity (Wildman–Crippen MR) is 75.4 cm³/mol. The molecule has 1 aromatic heterocycles. The van der Waals surface area contributed by atoms with Crippen LogP contribution >= 0.6 is 15.9 Å². The molecule has 1 unspecified atom stereocenters. The van der Waals surface area contributed by atoms with Crippen molar-refractivity contribution in [2.45, 2.75) is 6.92 Å². The Morgan fingerprint density at radius 3 is 2.60 bits per heavy atom. The van der Waals surface area contributed by atoms with Gasteiger partial charge in [-0.25, -0.2) is 0 Å². The van der Waals surface area contributed by atoms with Gasteiger partial charge in [0, 0.05) is 20.2 Å². The summed E-state index contributed by atoms with van der Waals surface area (Å²) in [5, 5.41) is 0. The van der Waals surface area contributed by atoms with E-state index >= 15 is 0 Å². The maximum absolute atomic E-state index is 12.3. The Labute approximate surface area is 126 Å². The molecule has 7 heteroatoms. The molecule has 1 rings (SSSR count). The van der Waals surface area contributed by atoms with E-state index in [2.05, 4.69) is 20.7 Å². The van der Waals surface area contributed by atoms with Gasteiger partial charge in [0.15, 0.2) is 10.4 Å². The highest BCUT2D eigenvalue weighted by Crippen LogP contribution is 2.16. The van der Waals surface area contributed by atoms with Gasteiger partial charge in [-0.3, -0.25) is 9.59 Å². The minimum Gasteiger partial charge on any atom is -0.469 e. The Bertz CT molecular complexity index is 459. The first-order chi connectivity index (χ1) is 9.49. The monoisotopic (exact) mass is 347 g/mol. The van der Waals surface area contributed by atoms with Crippen LogP contribution in [0.5, 0.6) is 0 Å². The maximum atomic E-state index is 12.3. The lowest BCUT2D eigenvalue weighted by molar-refractivity contribution is -0.145. The van der Waals surface area contributed by atoms with Gasteiger partial charge in [0.25, 0.3) is 5.91 Å². The van der Waals surface area contributed by atoms with Crippen molar-refractivity contribution in [2.75, 3.05) is 33.9 Å². The lowest BCUT2D eigenvalue weighted by Crippen LogP contribution is -2.39. The Morgan fingerprint density at radius 2 is 2.10 bits per heavy atom. The smallest absolute Gasteiger partial charge is 0.310 e. The summed E-state index contributed by atoms with van der Waals surface area (Å²) in [5.74, 6) is -0.853. The number of halogens is 1. The molecule has 0 aromatic carbocycles. The summed E-state index contributed by atoms with van der Waals surface area (Å²) in [6, 6.07) is 3.22. The summed E-state index contributed by atoms with van der Waals surface area (Å²) in [6.45, 7) is 2.70. The Kier molecular flexibility index (Phi) is 6.74. The molecule has 0 aliphatic rings. The van der Waals surface area contributed by atoms with Crippen LogP contribution in [0.1, 0.15) is 17.5 Å². The summed E-state index contributed by atoms with van der Waals surface area (Å²) in [4.78, 5) is 25.3. The Balaban J connectivity index is 2.77. The van der Waals surface area contributed by atoms with Crippen molar-refractivity contribution < 1.29 is 23.5 Å². The summed E-state index contributed by atoms with van der Waals surface area (Å²) < 4.78 is 15.4. The van der Waals surface area contributed by atoms with E-state index in [9.17, 15) is 9.59 Å². The molecule has 0 aliphatic carbocycles. The SMILES string of the molecule is COCCN(CC(C)C(=O)OC)C(=O)c1ccc(Br)o1. The van der Waals surface area contributed by atoms with Crippen molar-refractivity contribution in [3.8, 4) is 0 Å². The second kappa shape index (κ2) is 8.06. The topological polar surface area (TPSA) is 69.0 Å². The third kappa shape index (κ3) is 4.64. The molecule has 0 fully saturated rings. The van der Waals surface area contributed by atoms with Crippen LogP contribution in [-0.2, 0) is 14.3 Å². The predicted octanol–water partition coefficient (Wildman–Crippen LogP) is 1.94.